The monoisotopic (exact) mass is 398 g/mol. The summed E-state index contributed by atoms with van der Waals surface area (Å²) in [6.07, 6.45) is -5.88. The van der Waals surface area contributed by atoms with E-state index >= 15 is 0 Å². The zero-order chi connectivity index (χ0) is 21.1. The highest BCUT2D eigenvalue weighted by Crippen LogP contribution is 2.57. The van der Waals surface area contributed by atoms with Gasteiger partial charge >= 0.3 is 12.1 Å². The summed E-state index contributed by atoms with van der Waals surface area (Å²) in [7, 11) is 0. The number of carbonyl (C=O) groups is 2. The van der Waals surface area contributed by atoms with Crippen LogP contribution in [-0.2, 0) is 20.5 Å². The lowest BCUT2D eigenvalue weighted by Gasteiger charge is -2.36. The predicted octanol–water partition coefficient (Wildman–Crippen LogP) is 2.14. The van der Waals surface area contributed by atoms with E-state index in [2.05, 4.69) is 5.32 Å². The molecular formula is C18H17F3N2O5. The fraction of sp³-hybridized carbons (Fsp3) is 0.500. The number of hydrogen-bond acceptors (Lipinski definition) is 5. The van der Waals surface area contributed by atoms with Crippen LogP contribution in [0.3, 0.4) is 0 Å². The minimum atomic E-state index is -4.80. The molecule has 3 rings (SSSR count). The molecule has 0 aromatic heterocycles. The number of ether oxygens (including phenoxy) is 1. The average molecular weight is 398 g/mol. The normalized spacial score (nSPS) is 34.1. The van der Waals surface area contributed by atoms with Crippen LogP contribution in [0.25, 0.3) is 0 Å². The standard InChI is InChI=1S/C18H17F3N2O5/c1-16-6-11(24)17(2,28-16)12(13(16)15(26)27)14(25)23-9-4-3-8(7-22)10(5-9)18(19,20)21/h3-5,11-13,24H,6H2,1-2H3,(H,23,25)(H,26,27)/t11-,12+,13-,16+,17?/m1/s1. The molecule has 1 amide bonds. The van der Waals surface area contributed by atoms with Gasteiger partial charge in [0.25, 0.3) is 0 Å². The highest BCUT2D eigenvalue weighted by atomic mass is 19.4. The molecule has 1 aromatic carbocycles. The van der Waals surface area contributed by atoms with Crippen molar-refractivity contribution in [2.24, 2.45) is 11.8 Å². The number of nitrogens with one attached hydrogen (secondary N) is 1. The summed E-state index contributed by atoms with van der Waals surface area (Å²) in [5.74, 6) is -4.77. The molecule has 150 valence electrons. The first-order chi connectivity index (χ1) is 12.8. The molecule has 2 bridgehead atoms. The molecule has 2 fully saturated rings. The highest BCUT2D eigenvalue weighted by molar-refractivity contribution is 5.97. The number of aliphatic hydroxyl groups excluding tert-OH is 1. The van der Waals surface area contributed by atoms with E-state index in [4.69, 9.17) is 10.00 Å². The fourth-order valence-electron chi connectivity index (χ4n) is 4.33. The molecule has 2 saturated heterocycles. The predicted molar refractivity (Wildman–Crippen MR) is 87.9 cm³/mol. The number of fused-ring (bicyclic) bond motifs is 2. The van der Waals surface area contributed by atoms with Crippen LogP contribution in [0, 0.1) is 23.2 Å². The minimum Gasteiger partial charge on any atom is -0.481 e. The number of alkyl halides is 3. The van der Waals surface area contributed by atoms with Gasteiger partial charge in [-0.2, -0.15) is 18.4 Å². The van der Waals surface area contributed by atoms with Crippen molar-refractivity contribution in [3.63, 3.8) is 0 Å². The number of aliphatic carboxylic acids is 1. The molecular weight excluding hydrogens is 381 g/mol. The number of benzene rings is 1. The molecule has 2 aliphatic heterocycles. The van der Waals surface area contributed by atoms with Crippen molar-refractivity contribution >= 4 is 17.6 Å². The lowest BCUT2D eigenvalue weighted by Crippen LogP contribution is -2.54. The first-order valence-corrected chi connectivity index (χ1v) is 8.37. The van der Waals surface area contributed by atoms with Gasteiger partial charge in [-0.25, -0.2) is 0 Å². The van der Waals surface area contributed by atoms with Crippen LogP contribution in [0.5, 0.6) is 0 Å². The molecule has 2 aliphatic rings. The Morgan fingerprint density at radius 3 is 2.50 bits per heavy atom. The van der Waals surface area contributed by atoms with E-state index in [0.717, 1.165) is 12.1 Å². The largest absolute Gasteiger partial charge is 0.481 e. The Kier molecular flexibility index (Phi) is 4.44. The van der Waals surface area contributed by atoms with Crippen LogP contribution in [0.15, 0.2) is 18.2 Å². The van der Waals surface area contributed by atoms with E-state index in [1.54, 1.807) is 0 Å². The third-order valence-electron chi connectivity index (χ3n) is 5.58. The van der Waals surface area contributed by atoms with Crippen LogP contribution >= 0.6 is 0 Å². The van der Waals surface area contributed by atoms with Gasteiger partial charge in [-0.15, -0.1) is 0 Å². The number of hydrogen-bond donors (Lipinski definition) is 3. The first-order valence-electron chi connectivity index (χ1n) is 8.37. The Morgan fingerprint density at radius 1 is 1.32 bits per heavy atom. The van der Waals surface area contributed by atoms with E-state index in [1.165, 1.54) is 19.9 Å². The van der Waals surface area contributed by atoms with Crippen LogP contribution in [0.2, 0.25) is 0 Å². The van der Waals surface area contributed by atoms with Crippen molar-refractivity contribution in [1.29, 1.82) is 5.26 Å². The van der Waals surface area contributed by atoms with Crippen LogP contribution in [0.1, 0.15) is 31.4 Å². The summed E-state index contributed by atoms with van der Waals surface area (Å²) in [6, 6.07) is 4.09. The van der Waals surface area contributed by atoms with E-state index < -0.39 is 58.3 Å². The van der Waals surface area contributed by atoms with Gasteiger partial charge < -0.3 is 20.3 Å². The lowest BCUT2D eigenvalue weighted by molar-refractivity contribution is -0.151. The Balaban J connectivity index is 1.95. The molecule has 3 N–H and O–H groups in total. The van der Waals surface area contributed by atoms with Crippen molar-refractivity contribution in [1.82, 2.24) is 0 Å². The van der Waals surface area contributed by atoms with E-state index in [9.17, 15) is 33.0 Å². The smallest absolute Gasteiger partial charge is 0.417 e. The van der Waals surface area contributed by atoms with Gasteiger partial charge in [-0.1, -0.05) is 0 Å². The Morgan fingerprint density at radius 2 is 1.96 bits per heavy atom. The summed E-state index contributed by atoms with van der Waals surface area (Å²) in [4.78, 5) is 24.6. The third kappa shape index (κ3) is 2.91. The quantitative estimate of drug-likeness (QED) is 0.718. The summed E-state index contributed by atoms with van der Waals surface area (Å²) < 4.78 is 45.0. The van der Waals surface area contributed by atoms with Crippen LogP contribution < -0.4 is 5.32 Å². The first kappa shape index (κ1) is 20.1. The van der Waals surface area contributed by atoms with E-state index in [1.807, 2.05) is 0 Å². The molecule has 28 heavy (non-hydrogen) atoms. The molecule has 7 nitrogen and oxygen atoms in total. The van der Waals surface area contributed by atoms with Gasteiger partial charge in [0.05, 0.1) is 40.7 Å². The molecule has 0 saturated carbocycles. The number of carboxylic acids is 1. The number of nitrogens with zero attached hydrogens (tertiary/aromatic N) is 1. The van der Waals surface area contributed by atoms with Crippen LogP contribution in [0.4, 0.5) is 18.9 Å². The zero-order valence-corrected chi connectivity index (χ0v) is 14.9. The topological polar surface area (TPSA) is 120 Å². The number of halogens is 3. The van der Waals surface area contributed by atoms with Crippen LogP contribution in [-0.4, -0.2) is 39.4 Å². The summed E-state index contributed by atoms with van der Waals surface area (Å²) in [5.41, 5.74) is -4.82. The van der Waals surface area contributed by atoms with Crippen molar-refractivity contribution in [2.75, 3.05) is 5.32 Å². The molecule has 0 radical (unpaired) electrons. The highest BCUT2D eigenvalue weighted by Gasteiger charge is 2.71. The lowest BCUT2D eigenvalue weighted by atomic mass is 9.66. The molecule has 0 aliphatic carbocycles. The van der Waals surface area contributed by atoms with Crippen molar-refractivity contribution < 1.29 is 37.7 Å². The molecule has 10 heteroatoms. The number of aliphatic hydroxyl groups is 1. The van der Waals surface area contributed by atoms with Gasteiger partial charge in [0.1, 0.15) is 5.60 Å². The second kappa shape index (κ2) is 6.18. The molecule has 1 aromatic rings. The van der Waals surface area contributed by atoms with Gasteiger partial charge in [-0.3, -0.25) is 9.59 Å². The Labute approximate surface area is 157 Å². The molecule has 0 spiro atoms. The number of rotatable bonds is 3. The van der Waals surface area contributed by atoms with E-state index in [-0.39, 0.29) is 12.1 Å². The fourth-order valence-corrected chi connectivity index (χ4v) is 4.33. The summed E-state index contributed by atoms with van der Waals surface area (Å²) in [6.45, 7) is 2.90. The maximum absolute atomic E-state index is 13.1. The number of amides is 1. The van der Waals surface area contributed by atoms with Gasteiger partial charge in [-0.05, 0) is 32.0 Å². The van der Waals surface area contributed by atoms with Crippen molar-refractivity contribution in [3.05, 3.63) is 29.3 Å². The second-order valence-electron chi connectivity index (χ2n) is 7.47. The molecule has 1 unspecified atom stereocenters. The maximum atomic E-state index is 13.1. The van der Waals surface area contributed by atoms with Gasteiger partial charge in [0.15, 0.2) is 0 Å². The number of anilines is 1. The number of carbonyl (C=O) groups excluding carboxylic acids is 1. The Hall–Kier alpha value is -2.64. The SMILES string of the molecule is CC12O[C@@](C)(C[C@H]1O)[C@@H](C(=O)O)[C@H]2C(=O)Nc1ccc(C#N)c(C(F)(F)F)c1. The molecule has 2 heterocycles. The number of carboxylic acid groups (broad SMARTS) is 1. The Bertz CT molecular complexity index is 896. The second-order valence-corrected chi connectivity index (χ2v) is 7.47. The van der Waals surface area contributed by atoms with Gasteiger partial charge in [0.2, 0.25) is 5.91 Å². The zero-order valence-electron chi connectivity index (χ0n) is 14.9. The van der Waals surface area contributed by atoms with E-state index in [0.29, 0.717) is 6.07 Å². The van der Waals surface area contributed by atoms with Crippen molar-refractivity contribution in [2.45, 2.75) is 43.8 Å². The number of nitriles is 1. The minimum absolute atomic E-state index is 0.0271. The average Bonchev–Trinajstić information content (AvgIpc) is 2.95. The molecule has 5 atom stereocenters. The van der Waals surface area contributed by atoms with Crippen molar-refractivity contribution in [3.8, 4) is 6.07 Å². The summed E-state index contributed by atoms with van der Waals surface area (Å²) in [5, 5.41) is 31.0. The summed E-state index contributed by atoms with van der Waals surface area (Å²) >= 11 is 0. The maximum Gasteiger partial charge on any atom is 0.417 e. The van der Waals surface area contributed by atoms with Gasteiger partial charge in [0, 0.05) is 12.1 Å². The third-order valence-corrected chi connectivity index (χ3v) is 5.58.